The molecule has 1 heterocycles. The highest BCUT2D eigenvalue weighted by molar-refractivity contribution is 7.92. The van der Waals surface area contributed by atoms with Gasteiger partial charge in [-0.15, -0.1) is 11.3 Å². The molecule has 0 unspecified atom stereocenters. The maximum absolute atomic E-state index is 12.5. The summed E-state index contributed by atoms with van der Waals surface area (Å²) >= 11 is 1.52. The highest BCUT2D eigenvalue weighted by atomic mass is 32.2. The van der Waals surface area contributed by atoms with Crippen LogP contribution in [-0.2, 0) is 10.0 Å². The van der Waals surface area contributed by atoms with Crippen LogP contribution in [0.4, 0.5) is 5.69 Å². The van der Waals surface area contributed by atoms with E-state index >= 15 is 0 Å². The minimum absolute atomic E-state index is 0.0413. The molecule has 0 saturated carbocycles. The van der Waals surface area contributed by atoms with Crippen molar-refractivity contribution in [2.24, 2.45) is 0 Å². The van der Waals surface area contributed by atoms with Gasteiger partial charge in [0.15, 0.2) is 0 Å². The van der Waals surface area contributed by atoms with Crippen LogP contribution in [0, 0.1) is 6.92 Å². The molecule has 0 atom stereocenters. The largest absolute Gasteiger partial charge is 0.497 e. The van der Waals surface area contributed by atoms with E-state index in [1.54, 1.807) is 43.5 Å². The summed E-state index contributed by atoms with van der Waals surface area (Å²) in [4.78, 5) is 4.44. The van der Waals surface area contributed by atoms with Crippen molar-refractivity contribution in [3.63, 3.8) is 0 Å². The van der Waals surface area contributed by atoms with Gasteiger partial charge in [0.2, 0.25) is 10.0 Å². The van der Waals surface area contributed by atoms with Crippen molar-refractivity contribution in [1.29, 1.82) is 0 Å². The van der Waals surface area contributed by atoms with Crippen molar-refractivity contribution in [3.05, 3.63) is 58.9 Å². The Kier molecular flexibility index (Phi) is 5.98. The average Bonchev–Trinajstić information content (AvgIpc) is 3.08. The molecule has 0 radical (unpaired) electrons. The Morgan fingerprint density at radius 3 is 2.44 bits per heavy atom. The Labute approximate surface area is 162 Å². The third-order valence-corrected chi connectivity index (χ3v) is 5.78. The lowest BCUT2D eigenvalue weighted by Crippen LogP contribution is -2.21. The molecule has 3 rings (SSSR count). The molecule has 0 saturated heterocycles. The standard InChI is InChI=1S/C19H20N2O4S2/c1-14-20-19(13-26-14)17-5-3-4-6-18(17)21-27(22,23)12-11-25-16-9-7-15(24-2)8-10-16/h3-10,13,21H,11-12H2,1-2H3. The van der Waals surface area contributed by atoms with Crippen LogP contribution in [0.3, 0.4) is 0 Å². The highest BCUT2D eigenvalue weighted by Gasteiger charge is 2.15. The summed E-state index contributed by atoms with van der Waals surface area (Å²) in [5, 5.41) is 2.84. The molecule has 0 aliphatic rings. The van der Waals surface area contributed by atoms with Crippen molar-refractivity contribution in [2.45, 2.75) is 6.92 Å². The quantitative estimate of drug-likeness (QED) is 0.615. The molecule has 0 aliphatic carbocycles. The molecule has 3 aromatic rings. The third kappa shape index (κ3) is 5.21. The van der Waals surface area contributed by atoms with Crippen LogP contribution < -0.4 is 14.2 Å². The zero-order valence-electron chi connectivity index (χ0n) is 15.0. The molecule has 27 heavy (non-hydrogen) atoms. The van der Waals surface area contributed by atoms with Gasteiger partial charge in [-0.05, 0) is 37.3 Å². The number of sulfonamides is 1. The van der Waals surface area contributed by atoms with Crippen molar-refractivity contribution in [1.82, 2.24) is 4.98 Å². The van der Waals surface area contributed by atoms with E-state index in [1.807, 2.05) is 24.4 Å². The smallest absolute Gasteiger partial charge is 0.236 e. The Balaban J connectivity index is 1.64. The molecular weight excluding hydrogens is 384 g/mol. The first-order chi connectivity index (χ1) is 13.0. The summed E-state index contributed by atoms with van der Waals surface area (Å²) in [5.41, 5.74) is 2.01. The van der Waals surface area contributed by atoms with E-state index in [0.29, 0.717) is 17.2 Å². The van der Waals surface area contributed by atoms with E-state index in [2.05, 4.69) is 9.71 Å². The van der Waals surface area contributed by atoms with Gasteiger partial charge < -0.3 is 9.47 Å². The van der Waals surface area contributed by atoms with E-state index in [9.17, 15) is 8.42 Å². The minimum Gasteiger partial charge on any atom is -0.497 e. The summed E-state index contributed by atoms with van der Waals surface area (Å²) in [6, 6.07) is 14.2. The lowest BCUT2D eigenvalue weighted by molar-refractivity contribution is 0.340. The number of ether oxygens (including phenoxy) is 2. The number of para-hydroxylation sites is 1. The van der Waals surface area contributed by atoms with Gasteiger partial charge in [-0.1, -0.05) is 18.2 Å². The number of nitrogens with zero attached hydrogens (tertiary/aromatic N) is 1. The number of aromatic nitrogens is 1. The fraction of sp³-hybridized carbons (Fsp3) is 0.211. The first-order valence-electron chi connectivity index (χ1n) is 8.26. The maximum Gasteiger partial charge on any atom is 0.236 e. The Morgan fingerprint density at radius 2 is 1.78 bits per heavy atom. The van der Waals surface area contributed by atoms with E-state index in [0.717, 1.165) is 16.3 Å². The molecule has 0 bridgehead atoms. The Hall–Kier alpha value is -2.58. The molecule has 0 fully saturated rings. The molecule has 2 aromatic carbocycles. The number of thiazole rings is 1. The topological polar surface area (TPSA) is 77.5 Å². The fourth-order valence-electron chi connectivity index (χ4n) is 2.44. The lowest BCUT2D eigenvalue weighted by atomic mass is 10.1. The Bertz CT molecular complexity index is 999. The second-order valence-electron chi connectivity index (χ2n) is 5.74. The van der Waals surface area contributed by atoms with Crippen molar-refractivity contribution in [3.8, 4) is 22.8 Å². The fourth-order valence-corrected chi connectivity index (χ4v) is 3.97. The van der Waals surface area contributed by atoms with Crippen LogP contribution in [0.2, 0.25) is 0 Å². The molecule has 0 amide bonds. The zero-order chi connectivity index (χ0) is 19.3. The predicted molar refractivity (Wildman–Crippen MR) is 108 cm³/mol. The first-order valence-corrected chi connectivity index (χ1v) is 10.8. The van der Waals surface area contributed by atoms with Gasteiger partial charge in [0, 0.05) is 10.9 Å². The molecule has 0 spiro atoms. The molecule has 1 aromatic heterocycles. The summed E-state index contributed by atoms with van der Waals surface area (Å²) in [6.45, 7) is 1.96. The number of benzene rings is 2. The lowest BCUT2D eigenvalue weighted by Gasteiger charge is -2.12. The van der Waals surface area contributed by atoms with E-state index in [4.69, 9.17) is 9.47 Å². The minimum atomic E-state index is -3.57. The summed E-state index contributed by atoms with van der Waals surface area (Å²) in [6.07, 6.45) is 0. The summed E-state index contributed by atoms with van der Waals surface area (Å²) in [7, 11) is -1.98. The van der Waals surface area contributed by atoms with Crippen molar-refractivity contribution < 1.29 is 17.9 Å². The van der Waals surface area contributed by atoms with Gasteiger partial charge >= 0.3 is 0 Å². The molecule has 1 N–H and O–H groups in total. The third-order valence-electron chi connectivity index (χ3n) is 3.77. The van der Waals surface area contributed by atoms with Gasteiger partial charge in [-0.2, -0.15) is 0 Å². The normalized spacial score (nSPS) is 11.2. The van der Waals surface area contributed by atoms with Crippen LogP contribution in [0.1, 0.15) is 5.01 Å². The number of nitrogens with one attached hydrogen (secondary N) is 1. The number of hydrogen-bond acceptors (Lipinski definition) is 6. The van der Waals surface area contributed by atoms with E-state index < -0.39 is 10.0 Å². The van der Waals surface area contributed by atoms with Gasteiger partial charge in [0.1, 0.15) is 23.9 Å². The second kappa shape index (κ2) is 8.41. The second-order valence-corrected chi connectivity index (χ2v) is 8.65. The number of methoxy groups -OCH3 is 1. The molecule has 0 aliphatic heterocycles. The predicted octanol–water partition coefficient (Wildman–Crippen LogP) is 3.95. The monoisotopic (exact) mass is 404 g/mol. The SMILES string of the molecule is COc1ccc(OCCS(=O)(=O)Nc2ccccc2-c2csc(C)n2)cc1. The van der Waals surface area contributed by atoms with E-state index in [-0.39, 0.29) is 12.4 Å². The van der Waals surface area contributed by atoms with Crippen LogP contribution >= 0.6 is 11.3 Å². The number of aryl methyl sites for hydroxylation is 1. The van der Waals surface area contributed by atoms with Gasteiger partial charge in [0.25, 0.3) is 0 Å². The number of anilines is 1. The zero-order valence-corrected chi connectivity index (χ0v) is 16.6. The van der Waals surface area contributed by atoms with Crippen LogP contribution in [0.25, 0.3) is 11.3 Å². The highest BCUT2D eigenvalue weighted by Crippen LogP contribution is 2.29. The average molecular weight is 405 g/mol. The number of hydrogen-bond donors (Lipinski definition) is 1. The summed E-state index contributed by atoms with van der Waals surface area (Å²) in [5.74, 6) is 1.14. The van der Waals surface area contributed by atoms with Crippen LogP contribution in [0.15, 0.2) is 53.9 Å². The summed E-state index contributed by atoms with van der Waals surface area (Å²) < 4.78 is 38.1. The van der Waals surface area contributed by atoms with E-state index in [1.165, 1.54) is 11.3 Å². The molecule has 6 nitrogen and oxygen atoms in total. The van der Waals surface area contributed by atoms with Crippen LogP contribution in [-0.4, -0.2) is 32.9 Å². The first kappa shape index (κ1) is 19.2. The molecule has 8 heteroatoms. The number of rotatable bonds is 8. The molecular formula is C19H20N2O4S2. The van der Waals surface area contributed by atoms with Crippen molar-refractivity contribution >= 4 is 27.0 Å². The maximum atomic E-state index is 12.5. The Morgan fingerprint density at radius 1 is 1.07 bits per heavy atom. The van der Waals surface area contributed by atoms with Gasteiger partial charge in [0.05, 0.1) is 23.5 Å². The van der Waals surface area contributed by atoms with Gasteiger partial charge in [-0.3, -0.25) is 4.72 Å². The van der Waals surface area contributed by atoms with Gasteiger partial charge in [-0.25, -0.2) is 13.4 Å². The molecule has 142 valence electrons. The van der Waals surface area contributed by atoms with Crippen molar-refractivity contribution in [2.75, 3.05) is 24.2 Å². The van der Waals surface area contributed by atoms with Crippen LogP contribution in [0.5, 0.6) is 11.5 Å².